The Hall–Kier alpha value is -1.61. The smallest absolute Gasteiger partial charge is 0.126 e. The maximum Gasteiger partial charge on any atom is 0.126 e. The second-order valence-corrected chi connectivity index (χ2v) is 3.65. The summed E-state index contributed by atoms with van der Waals surface area (Å²) in [5, 5.41) is 3.33. The quantitative estimate of drug-likeness (QED) is 0.781. The lowest BCUT2D eigenvalue weighted by Gasteiger charge is -2.03. The minimum atomic E-state index is 0.757. The Bertz CT molecular complexity index is 423. The summed E-state index contributed by atoms with van der Waals surface area (Å²) < 4.78 is 5.46. The summed E-state index contributed by atoms with van der Waals surface area (Å²) in [4.78, 5) is 4.32. The van der Waals surface area contributed by atoms with Crippen molar-refractivity contribution in [2.75, 3.05) is 6.54 Å². The fourth-order valence-electron chi connectivity index (χ4n) is 1.61. The van der Waals surface area contributed by atoms with E-state index < -0.39 is 0 Å². The molecule has 0 radical (unpaired) electrons. The number of furan rings is 1. The molecular formula is C13H16N2O. The van der Waals surface area contributed by atoms with Crippen molar-refractivity contribution in [3.8, 4) is 11.3 Å². The highest BCUT2D eigenvalue weighted by Crippen LogP contribution is 2.22. The molecular weight excluding hydrogens is 200 g/mol. The van der Waals surface area contributed by atoms with E-state index in [-0.39, 0.29) is 0 Å². The van der Waals surface area contributed by atoms with Crippen LogP contribution in [0, 0.1) is 0 Å². The molecule has 0 saturated heterocycles. The molecule has 0 fully saturated rings. The van der Waals surface area contributed by atoms with Crippen molar-refractivity contribution in [1.29, 1.82) is 0 Å². The van der Waals surface area contributed by atoms with Gasteiger partial charge in [-0.2, -0.15) is 0 Å². The van der Waals surface area contributed by atoms with Crippen molar-refractivity contribution in [3.63, 3.8) is 0 Å². The molecule has 0 amide bonds. The number of rotatable bonds is 5. The number of pyridine rings is 1. The molecule has 0 aliphatic rings. The van der Waals surface area contributed by atoms with Crippen LogP contribution in [-0.2, 0) is 6.54 Å². The summed E-state index contributed by atoms with van der Waals surface area (Å²) >= 11 is 0. The number of aromatic nitrogens is 1. The van der Waals surface area contributed by atoms with Gasteiger partial charge in [0.1, 0.15) is 5.76 Å². The van der Waals surface area contributed by atoms with Gasteiger partial charge in [-0.25, -0.2) is 0 Å². The van der Waals surface area contributed by atoms with Crippen LogP contribution in [0.25, 0.3) is 11.3 Å². The van der Waals surface area contributed by atoms with Gasteiger partial charge in [0.25, 0.3) is 0 Å². The fraction of sp³-hybridized carbons (Fsp3) is 0.308. The Morgan fingerprint density at radius 1 is 1.31 bits per heavy atom. The van der Waals surface area contributed by atoms with Crippen LogP contribution in [0.5, 0.6) is 0 Å². The lowest BCUT2D eigenvalue weighted by atomic mass is 10.1. The average Bonchev–Trinajstić information content (AvgIpc) is 2.79. The molecule has 0 atom stereocenters. The minimum absolute atomic E-state index is 0.757. The number of nitrogens with zero attached hydrogens (tertiary/aromatic N) is 1. The first-order valence-electron chi connectivity index (χ1n) is 5.60. The van der Waals surface area contributed by atoms with Crippen molar-refractivity contribution in [3.05, 3.63) is 42.5 Å². The maximum absolute atomic E-state index is 5.46. The van der Waals surface area contributed by atoms with Gasteiger partial charge < -0.3 is 9.73 Å². The topological polar surface area (TPSA) is 38.1 Å². The minimum Gasteiger partial charge on any atom is -0.467 e. The summed E-state index contributed by atoms with van der Waals surface area (Å²) in [5.41, 5.74) is 2.04. The van der Waals surface area contributed by atoms with E-state index in [4.69, 9.17) is 4.42 Å². The first-order chi connectivity index (χ1) is 7.92. The van der Waals surface area contributed by atoms with Gasteiger partial charge in [0.2, 0.25) is 0 Å². The van der Waals surface area contributed by atoms with Crippen LogP contribution in [0.15, 0.2) is 41.1 Å². The number of nitrogens with one attached hydrogen (secondary N) is 1. The average molecular weight is 216 g/mol. The fourth-order valence-corrected chi connectivity index (χ4v) is 1.61. The van der Waals surface area contributed by atoms with E-state index in [9.17, 15) is 0 Å². The van der Waals surface area contributed by atoms with E-state index in [1.807, 2.05) is 24.3 Å². The second-order valence-electron chi connectivity index (χ2n) is 3.65. The van der Waals surface area contributed by atoms with E-state index >= 15 is 0 Å². The maximum atomic E-state index is 5.46. The first kappa shape index (κ1) is 10.9. The molecule has 1 N–H and O–H groups in total. The highest BCUT2D eigenvalue weighted by molar-refractivity contribution is 5.60. The predicted molar refractivity (Wildman–Crippen MR) is 63.9 cm³/mol. The van der Waals surface area contributed by atoms with Crippen molar-refractivity contribution in [2.24, 2.45) is 0 Å². The Kier molecular flexibility index (Phi) is 3.72. The van der Waals surface area contributed by atoms with E-state index in [0.717, 1.165) is 36.5 Å². The van der Waals surface area contributed by atoms with Crippen molar-refractivity contribution in [1.82, 2.24) is 10.3 Å². The van der Waals surface area contributed by atoms with E-state index in [1.54, 1.807) is 12.5 Å². The molecule has 3 heteroatoms. The third-order valence-electron chi connectivity index (χ3n) is 2.40. The highest BCUT2D eigenvalue weighted by Gasteiger charge is 2.08. The SMILES string of the molecule is CCCNCc1occc1-c1ccccn1. The normalized spacial score (nSPS) is 10.6. The Morgan fingerprint density at radius 2 is 2.25 bits per heavy atom. The van der Waals surface area contributed by atoms with Crippen LogP contribution >= 0.6 is 0 Å². The Morgan fingerprint density at radius 3 is 3.00 bits per heavy atom. The zero-order valence-electron chi connectivity index (χ0n) is 9.44. The molecule has 0 saturated carbocycles. The van der Waals surface area contributed by atoms with Crippen LogP contribution in [0.4, 0.5) is 0 Å². The van der Waals surface area contributed by atoms with Crippen LogP contribution in [0.2, 0.25) is 0 Å². The van der Waals surface area contributed by atoms with Gasteiger partial charge in [0.15, 0.2) is 0 Å². The molecule has 84 valence electrons. The molecule has 2 rings (SSSR count). The van der Waals surface area contributed by atoms with Crippen LogP contribution in [0.3, 0.4) is 0 Å². The van der Waals surface area contributed by atoms with E-state index in [2.05, 4.69) is 17.2 Å². The Labute approximate surface area is 95.5 Å². The van der Waals surface area contributed by atoms with Crippen molar-refractivity contribution < 1.29 is 4.42 Å². The summed E-state index contributed by atoms with van der Waals surface area (Å²) in [6, 6.07) is 7.86. The molecule has 0 aromatic carbocycles. The summed E-state index contributed by atoms with van der Waals surface area (Å²) in [6.07, 6.45) is 4.64. The summed E-state index contributed by atoms with van der Waals surface area (Å²) in [7, 11) is 0. The van der Waals surface area contributed by atoms with Gasteiger partial charge in [-0.05, 0) is 31.2 Å². The summed E-state index contributed by atoms with van der Waals surface area (Å²) in [5.74, 6) is 0.951. The van der Waals surface area contributed by atoms with Gasteiger partial charge in [0.05, 0.1) is 18.5 Å². The van der Waals surface area contributed by atoms with Crippen molar-refractivity contribution in [2.45, 2.75) is 19.9 Å². The third-order valence-corrected chi connectivity index (χ3v) is 2.40. The molecule has 16 heavy (non-hydrogen) atoms. The zero-order chi connectivity index (χ0) is 11.2. The molecule has 0 bridgehead atoms. The highest BCUT2D eigenvalue weighted by atomic mass is 16.3. The molecule has 2 aromatic heterocycles. The second kappa shape index (κ2) is 5.47. The van der Waals surface area contributed by atoms with Crippen LogP contribution in [0.1, 0.15) is 19.1 Å². The monoisotopic (exact) mass is 216 g/mol. The lowest BCUT2D eigenvalue weighted by molar-refractivity contribution is 0.484. The predicted octanol–water partition coefficient (Wildman–Crippen LogP) is 2.84. The van der Waals surface area contributed by atoms with Crippen LogP contribution in [-0.4, -0.2) is 11.5 Å². The molecule has 2 heterocycles. The third kappa shape index (κ3) is 2.49. The molecule has 0 spiro atoms. The van der Waals surface area contributed by atoms with E-state index in [1.165, 1.54) is 0 Å². The molecule has 2 aromatic rings. The molecule has 0 aliphatic carbocycles. The summed E-state index contributed by atoms with van der Waals surface area (Å²) in [6.45, 7) is 3.91. The Balaban J connectivity index is 2.13. The van der Waals surface area contributed by atoms with E-state index in [0.29, 0.717) is 0 Å². The number of hydrogen-bond acceptors (Lipinski definition) is 3. The van der Waals surface area contributed by atoms with Gasteiger partial charge in [-0.3, -0.25) is 4.98 Å². The number of hydrogen-bond donors (Lipinski definition) is 1. The molecule has 0 unspecified atom stereocenters. The van der Waals surface area contributed by atoms with Gasteiger partial charge in [-0.1, -0.05) is 13.0 Å². The van der Waals surface area contributed by atoms with Gasteiger partial charge >= 0.3 is 0 Å². The van der Waals surface area contributed by atoms with Gasteiger partial charge in [0, 0.05) is 11.8 Å². The van der Waals surface area contributed by atoms with Crippen LogP contribution < -0.4 is 5.32 Å². The molecule has 0 aliphatic heterocycles. The largest absolute Gasteiger partial charge is 0.467 e. The molecule has 3 nitrogen and oxygen atoms in total. The standard InChI is InChI=1S/C13H16N2O/c1-2-7-14-10-13-11(6-9-16-13)12-5-3-4-8-15-12/h3-6,8-9,14H,2,7,10H2,1H3. The zero-order valence-corrected chi connectivity index (χ0v) is 9.44. The van der Waals surface area contributed by atoms with Gasteiger partial charge in [-0.15, -0.1) is 0 Å². The van der Waals surface area contributed by atoms with Crippen molar-refractivity contribution >= 4 is 0 Å². The lowest BCUT2D eigenvalue weighted by Crippen LogP contribution is -2.13. The first-order valence-corrected chi connectivity index (χ1v) is 5.60.